The first kappa shape index (κ1) is 17.6. The molecule has 0 aliphatic carbocycles. The topological polar surface area (TPSA) is 97.4 Å². The molecule has 3 aromatic rings. The summed E-state index contributed by atoms with van der Waals surface area (Å²) in [5.41, 5.74) is -0.926. The van der Waals surface area contributed by atoms with E-state index in [0.29, 0.717) is 17.0 Å². The van der Waals surface area contributed by atoms with E-state index in [-0.39, 0.29) is 18.6 Å². The maximum Gasteiger partial charge on any atom is 0.266 e. The fraction of sp³-hybridized carbons (Fsp3) is 0.211. The van der Waals surface area contributed by atoms with Crippen molar-refractivity contribution in [3.63, 3.8) is 0 Å². The number of nitrogens with zero attached hydrogens (tertiary/aromatic N) is 2. The fourth-order valence-corrected chi connectivity index (χ4v) is 2.51. The van der Waals surface area contributed by atoms with Crippen LogP contribution >= 0.6 is 0 Å². The Morgan fingerprint density at radius 2 is 1.96 bits per heavy atom. The van der Waals surface area contributed by atoms with Crippen LogP contribution in [-0.4, -0.2) is 27.3 Å². The van der Waals surface area contributed by atoms with Crippen molar-refractivity contribution >= 4 is 5.91 Å². The molecule has 1 amide bonds. The molecule has 3 rings (SSSR count). The third kappa shape index (κ3) is 3.73. The number of carbonyl (C=O) groups excluding carboxylic acids is 1. The molecule has 0 saturated heterocycles. The maximum absolute atomic E-state index is 12.3. The SMILES string of the molecule is C[C@@](O)(C(=O)NCCn1nc(-c2ccco2)ccc1=O)c1ccccc1. The number of aromatic nitrogens is 2. The number of carbonyl (C=O) groups is 1. The summed E-state index contributed by atoms with van der Waals surface area (Å²) in [5.74, 6) is 0.00809. The molecule has 26 heavy (non-hydrogen) atoms. The minimum atomic E-state index is -1.66. The molecule has 134 valence electrons. The summed E-state index contributed by atoms with van der Waals surface area (Å²) in [7, 11) is 0. The van der Waals surface area contributed by atoms with Gasteiger partial charge in [-0.2, -0.15) is 5.10 Å². The second-order valence-electron chi connectivity index (χ2n) is 5.95. The highest BCUT2D eigenvalue weighted by molar-refractivity contribution is 5.85. The highest BCUT2D eigenvalue weighted by Gasteiger charge is 2.31. The number of benzene rings is 1. The summed E-state index contributed by atoms with van der Waals surface area (Å²) in [6, 6.07) is 15.1. The molecule has 1 atom stereocenters. The van der Waals surface area contributed by atoms with Crippen LogP contribution in [-0.2, 0) is 16.9 Å². The molecule has 0 unspecified atom stereocenters. The average molecular weight is 353 g/mol. The highest BCUT2D eigenvalue weighted by Crippen LogP contribution is 2.20. The largest absolute Gasteiger partial charge is 0.463 e. The summed E-state index contributed by atoms with van der Waals surface area (Å²) in [6.45, 7) is 1.75. The molecule has 0 aliphatic heterocycles. The Kier molecular flexibility index (Phi) is 4.99. The van der Waals surface area contributed by atoms with Crippen LogP contribution in [0.15, 0.2) is 70.1 Å². The van der Waals surface area contributed by atoms with Gasteiger partial charge in [0.25, 0.3) is 11.5 Å². The molecule has 0 spiro atoms. The van der Waals surface area contributed by atoms with Gasteiger partial charge >= 0.3 is 0 Å². The smallest absolute Gasteiger partial charge is 0.266 e. The first-order chi connectivity index (χ1) is 12.5. The molecule has 2 N–H and O–H groups in total. The first-order valence-electron chi connectivity index (χ1n) is 8.17. The van der Waals surface area contributed by atoms with Gasteiger partial charge in [-0.05, 0) is 30.7 Å². The second kappa shape index (κ2) is 7.37. The molecule has 2 heterocycles. The molecule has 0 radical (unpaired) electrons. The van der Waals surface area contributed by atoms with Crippen LogP contribution in [0.3, 0.4) is 0 Å². The van der Waals surface area contributed by atoms with Crippen molar-refractivity contribution in [1.29, 1.82) is 0 Å². The zero-order chi connectivity index (χ0) is 18.6. The number of hydrogen-bond acceptors (Lipinski definition) is 5. The van der Waals surface area contributed by atoms with E-state index in [1.807, 2.05) is 6.07 Å². The van der Waals surface area contributed by atoms with Gasteiger partial charge in [0.1, 0.15) is 5.69 Å². The van der Waals surface area contributed by atoms with Crippen molar-refractivity contribution in [1.82, 2.24) is 15.1 Å². The molecule has 0 saturated carbocycles. The van der Waals surface area contributed by atoms with Crippen LogP contribution in [0.25, 0.3) is 11.5 Å². The average Bonchev–Trinajstić information content (AvgIpc) is 3.18. The zero-order valence-electron chi connectivity index (χ0n) is 14.3. The molecule has 1 aromatic carbocycles. The van der Waals surface area contributed by atoms with Crippen molar-refractivity contribution < 1.29 is 14.3 Å². The minimum Gasteiger partial charge on any atom is -0.463 e. The predicted molar refractivity (Wildman–Crippen MR) is 95.2 cm³/mol. The van der Waals surface area contributed by atoms with E-state index in [0.717, 1.165) is 0 Å². The summed E-state index contributed by atoms with van der Waals surface area (Å²) in [5, 5.41) is 17.3. The molecule has 7 nitrogen and oxygen atoms in total. The van der Waals surface area contributed by atoms with Crippen molar-refractivity contribution in [2.45, 2.75) is 19.1 Å². The Bertz CT molecular complexity index is 931. The summed E-state index contributed by atoms with van der Waals surface area (Å²) in [4.78, 5) is 24.3. The molecular weight excluding hydrogens is 334 g/mol. The van der Waals surface area contributed by atoms with Gasteiger partial charge in [-0.15, -0.1) is 0 Å². The third-order valence-electron chi connectivity index (χ3n) is 4.03. The van der Waals surface area contributed by atoms with Crippen molar-refractivity contribution in [2.75, 3.05) is 6.54 Å². The number of aliphatic hydroxyl groups is 1. The van der Waals surface area contributed by atoms with Gasteiger partial charge in [-0.25, -0.2) is 4.68 Å². The van der Waals surface area contributed by atoms with E-state index < -0.39 is 11.5 Å². The van der Waals surface area contributed by atoms with Crippen LogP contribution in [0.2, 0.25) is 0 Å². The Morgan fingerprint density at radius 1 is 1.19 bits per heavy atom. The molecule has 0 aliphatic rings. The fourth-order valence-electron chi connectivity index (χ4n) is 2.51. The zero-order valence-corrected chi connectivity index (χ0v) is 14.3. The highest BCUT2D eigenvalue weighted by atomic mass is 16.3. The lowest BCUT2D eigenvalue weighted by atomic mass is 9.95. The molecule has 0 fully saturated rings. The van der Waals surface area contributed by atoms with Crippen molar-refractivity contribution in [3.8, 4) is 11.5 Å². The monoisotopic (exact) mass is 353 g/mol. The minimum absolute atomic E-state index is 0.149. The normalized spacial score (nSPS) is 13.2. The summed E-state index contributed by atoms with van der Waals surface area (Å²) in [6.07, 6.45) is 1.53. The number of furan rings is 1. The van der Waals surface area contributed by atoms with E-state index in [4.69, 9.17) is 4.42 Å². The summed E-state index contributed by atoms with van der Waals surface area (Å²) >= 11 is 0. The van der Waals surface area contributed by atoms with Crippen LogP contribution in [0.5, 0.6) is 0 Å². The molecular formula is C19H19N3O4. The Labute approximate surface area is 149 Å². The number of nitrogens with one attached hydrogen (secondary N) is 1. The van der Waals surface area contributed by atoms with Crippen molar-refractivity contribution in [3.05, 3.63) is 76.8 Å². The van der Waals surface area contributed by atoms with E-state index in [1.54, 1.807) is 42.5 Å². The van der Waals surface area contributed by atoms with Gasteiger partial charge in [0.05, 0.1) is 12.8 Å². The van der Waals surface area contributed by atoms with E-state index in [2.05, 4.69) is 10.4 Å². The lowest BCUT2D eigenvalue weighted by molar-refractivity contribution is -0.139. The lowest BCUT2D eigenvalue weighted by Crippen LogP contribution is -2.43. The van der Waals surface area contributed by atoms with Gasteiger partial charge < -0.3 is 14.8 Å². The van der Waals surface area contributed by atoms with Gasteiger partial charge in [-0.1, -0.05) is 30.3 Å². The second-order valence-corrected chi connectivity index (χ2v) is 5.95. The third-order valence-corrected chi connectivity index (χ3v) is 4.03. The van der Waals surface area contributed by atoms with E-state index in [1.165, 1.54) is 23.9 Å². The van der Waals surface area contributed by atoms with Crippen molar-refractivity contribution in [2.24, 2.45) is 0 Å². The molecule has 2 aromatic heterocycles. The number of hydrogen-bond donors (Lipinski definition) is 2. The first-order valence-corrected chi connectivity index (χ1v) is 8.17. The standard InChI is InChI=1S/C19H19N3O4/c1-19(25,14-6-3-2-4-7-14)18(24)20-11-12-22-17(23)10-9-15(21-22)16-8-5-13-26-16/h2-10,13,25H,11-12H2,1H3,(H,20,24)/t19-/m0/s1. The number of amides is 1. The van der Waals surface area contributed by atoms with Gasteiger partial charge in [0.15, 0.2) is 11.4 Å². The van der Waals surface area contributed by atoms with Gasteiger partial charge in [-0.3, -0.25) is 9.59 Å². The summed E-state index contributed by atoms with van der Waals surface area (Å²) < 4.78 is 6.52. The predicted octanol–water partition coefficient (Wildman–Crippen LogP) is 1.53. The Hall–Kier alpha value is -3.19. The van der Waals surface area contributed by atoms with Crippen LogP contribution in [0, 0.1) is 0 Å². The maximum atomic E-state index is 12.3. The van der Waals surface area contributed by atoms with Crippen LogP contribution < -0.4 is 10.9 Å². The van der Waals surface area contributed by atoms with E-state index in [9.17, 15) is 14.7 Å². The quantitative estimate of drug-likeness (QED) is 0.700. The molecule has 7 heteroatoms. The van der Waals surface area contributed by atoms with E-state index >= 15 is 0 Å². The number of rotatable bonds is 6. The van der Waals surface area contributed by atoms with Gasteiger partial charge in [0, 0.05) is 12.6 Å². The molecule has 0 bridgehead atoms. The van der Waals surface area contributed by atoms with Gasteiger partial charge in [0.2, 0.25) is 0 Å². The Morgan fingerprint density at radius 3 is 2.65 bits per heavy atom. The lowest BCUT2D eigenvalue weighted by Gasteiger charge is -2.22. The van der Waals surface area contributed by atoms with Crippen LogP contribution in [0.1, 0.15) is 12.5 Å². The van der Waals surface area contributed by atoms with Crippen LogP contribution in [0.4, 0.5) is 0 Å². The Balaban J connectivity index is 1.66.